The van der Waals surface area contributed by atoms with E-state index in [2.05, 4.69) is 9.97 Å². The molecule has 0 atom stereocenters. The molecule has 0 saturated carbocycles. The van der Waals surface area contributed by atoms with Crippen LogP contribution in [0.25, 0.3) is 0 Å². The van der Waals surface area contributed by atoms with E-state index < -0.39 is 0 Å². The Morgan fingerprint density at radius 2 is 2.27 bits per heavy atom. The third kappa shape index (κ3) is 4.27. The first kappa shape index (κ1) is 14.2. The number of nitrogens with zero attached hydrogens (tertiary/aromatic N) is 2. The van der Waals surface area contributed by atoms with E-state index >= 15 is 0 Å². The predicted molar refractivity (Wildman–Crippen MR) is 28.5 cm³/mol. The first-order chi connectivity index (χ1) is 4.36. The zero-order valence-corrected chi connectivity index (χ0v) is 14.1. The van der Waals surface area contributed by atoms with Crippen LogP contribution < -0.4 is 0 Å². The van der Waals surface area contributed by atoms with Gasteiger partial charge in [-0.25, -0.2) is 0 Å². The van der Waals surface area contributed by atoms with Gasteiger partial charge in [0, 0.05) is 42.1 Å². The summed E-state index contributed by atoms with van der Waals surface area (Å²) in [4.78, 5) is 6.70. The molecule has 1 rings (SSSR count). The van der Waals surface area contributed by atoms with Crippen molar-refractivity contribution in [3.63, 3.8) is 0 Å². The second kappa shape index (κ2) is 7.29. The average molecular weight is 657 g/mol. The minimum Gasteiger partial charge on any atom is 0 e. The summed E-state index contributed by atoms with van der Waals surface area (Å²) in [5, 5.41) is 8.32. The zero-order chi connectivity index (χ0) is 6.69. The summed E-state index contributed by atoms with van der Waals surface area (Å²) in [7, 11) is 0. The van der Waals surface area contributed by atoms with Crippen LogP contribution >= 0.6 is 0 Å². The van der Waals surface area contributed by atoms with Crippen LogP contribution in [0, 0.1) is 11.3 Å². The number of rotatable bonds is 1. The predicted octanol–water partition coefficient (Wildman–Crippen LogP) is -0.0265. The molecular weight excluding hydrogens is 654 g/mol. The minimum absolute atomic E-state index is 0. The second-order valence-corrected chi connectivity index (χ2v) is 2.26. The normalized spacial score (nSPS) is 6.82. The van der Waals surface area contributed by atoms with Crippen molar-refractivity contribution in [3.05, 3.63) is 17.7 Å². The Kier molecular flexibility index (Phi) is 9.40. The molecule has 0 fully saturated rings. The van der Waals surface area contributed by atoms with Gasteiger partial charge in [-0.3, -0.25) is 0 Å². The zero-order valence-electron chi connectivity index (χ0n) is 5.27. The number of hydrogen-bond acceptors (Lipinski definition) is 2. The first-order valence-corrected chi connectivity index (χ1v) is 3.96. The van der Waals surface area contributed by atoms with E-state index in [1.54, 1.807) is 0 Å². The van der Waals surface area contributed by atoms with Crippen LogP contribution in [0.5, 0.6) is 0 Å². The molecule has 0 unspecified atom stereocenters. The van der Waals surface area contributed by atoms with Crippen molar-refractivity contribution in [3.8, 4) is 6.07 Å². The van der Waals surface area contributed by atoms with Crippen molar-refractivity contribution < 1.29 is 61.5 Å². The molecule has 1 aromatic rings. The Hall–Kier alpha value is 0.635. The fourth-order valence-electron chi connectivity index (χ4n) is 0.453. The number of nitriles is 1. The van der Waals surface area contributed by atoms with Gasteiger partial charge < -0.3 is 0 Å². The molecule has 11 heavy (non-hydrogen) atoms. The van der Waals surface area contributed by atoms with Crippen molar-refractivity contribution in [2.75, 3.05) is 0 Å². The SMILES string of the molecule is N#Cc1cnc([CH]=[W])[nH]1.[W].[W]. The molecule has 1 heterocycles. The van der Waals surface area contributed by atoms with Crippen LogP contribution in [0.3, 0.4) is 0 Å². The topological polar surface area (TPSA) is 52.5 Å². The van der Waals surface area contributed by atoms with E-state index in [4.69, 9.17) is 5.26 Å². The summed E-state index contributed by atoms with van der Waals surface area (Å²) >= 11 is 1.32. The molecule has 0 aromatic carbocycles. The monoisotopic (exact) mass is 657 g/mol. The Labute approximate surface area is 104 Å². The Balaban J connectivity index is 0. The molecule has 0 aliphatic heterocycles. The van der Waals surface area contributed by atoms with Crippen molar-refractivity contribution in [1.29, 1.82) is 5.26 Å². The number of hydrogen-bond donors (Lipinski definition) is 1. The van der Waals surface area contributed by atoms with Crippen LogP contribution in [0.4, 0.5) is 0 Å². The third-order valence-corrected chi connectivity index (χ3v) is 1.63. The van der Waals surface area contributed by atoms with Crippen molar-refractivity contribution in [2.45, 2.75) is 0 Å². The molecule has 0 amide bonds. The van der Waals surface area contributed by atoms with Gasteiger partial charge in [-0.2, -0.15) is 0 Å². The summed E-state index contributed by atoms with van der Waals surface area (Å²) in [6.45, 7) is 0. The van der Waals surface area contributed by atoms with Gasteiger partial charge in [0.05, 0.1) is 0 Å². The van der Waals surface area contributed by atoms with Gasteiger partial charge in [0.15, 0.2) is 0 Å². The first-order valence-electron chi connectivity index (χ1n) is 2.27. The van der Waals surface area contributed by atoms with E-state index in [9.17, 15) is 0 Å². The van der Waals surface area contributed by atoms with Gasteiger partial charge in [0.2, 0.25) is 0 Å². The maximum Gasteiger partial charge on any atom is 0 e. The Bertz CT molecular complexity index is 262. The smallest absolute Gasteiger partial charge is 0 e. The summed E-state index contributed by atoms with van der Waals surface area (Å²) in [5.74, 6) is 0.779. The molecule has 56 valence electrons. The number of nitrogens with one attached hydrogen (secondary N) is 1. The molecule has 1 aromatic heterocycles. The second-order valence-electron chi connectivity index (χ2n) is 1.41. The van der Waals surface area contributed by atoms with Gasteiger partial charge in [0.25, 0.3) is 0 Å². The maximum atomic E-state index is 8.32. The van der Waals surface area contributed by atoms with E-state index in [1.165, 1.54) is 25.6 Å². The van der Waals surface area contributed by atoms with Crippen LogP contribution in [-0.2, 0) is 61.5 Å². The maximum absolute atomic E-state index is 8.32. The molecule has 1 N–H and O–H groups in total. The fourth-order valence-corrected chi connectivity index (χ4v) is 0.884. The molecule has 0 spiro atoms. The molecule has 0 bridgehead atoms. The van der Waals surface area contributed by atoms with Gasteiger partial charge in [0.1, 0.15) is 0 Å². The van der Waals surface area contributed by atoms with Gasteiger partial charge in [-0.1, -0.05) is 0 Å². The van der Waals surface area contributed by atoms with E-state index in [0.717, 1.165) is 5.82 Å². The van der Waals surface area contributed by atoms with Crippen molar-refractivity contribution >= 4 is 4.40 Å². The molecule has 0 saturated heterocycles. The summed E-state index contributed by atoms with van der Waals surface area (Å²) < 4.78 is 1.89. The molecule has 0 aliphatic carbocycles. The molecule has 3 nitrogen and oxygen atoms in total. The third-order valence-electron chi connectivity index (χ3n) is 0.828. The van der Waals surface area contributed by atoms with Gasteiger partial charge in [-0.05, 0) is 0 Å². The van der Waals surface area contributed by atoms with Crippen LogP contribution in [0.2, 0.25) is 0 Å². The molecule has 0 radical (unpaired) electrons. The average Bonchev–Trinajstić information content (AvgIpc) is 2.34. The molecular formula is C5H3N3W3. The van der Waals surface area contributed by atoms with E-state index in [-0.39, 0.29) is 42.1 Å². The van der Waals surface area contributed by atoms with Crippen LogP contribution in [0.1, 0.15) is 11.5 Å². The standard InChI is InChI=1S/C5H3N3.3W/c1-4-7-3-5(2-6)8-4;;;/h1,3H,(H,7,8);;;. The van der Waals surface area contributed by atoms with Gasteiger partial charge in [-0.15, -0.1) is 0 Å². The Morgan fingerprint density at radius 3 is 2.55 bits per heavy atom. The summed E-state index contributed by atoms with van der Waals surface area (Å²) in [6, 6.07) is 1.95. The van der Waals surface area contributed by atoms with Crippen molar-refractivity contribution in [1.82, 2.24) is 9.97 Å². The van der Waals surface area contributed by atoms with Crippen molar-refractivity contribution in [2.24, 2.45) is 0 Å². The Morgan fingerprint density at radius 1 is 1.64 bits per heavy atom. The summed E-state index contributed by atoms with van der Waals surface area (Å²) in [5.41, 5.74) is 0.516. The number of aromatic nitrogens is 2. The number of aromatic amines is 1. The number of imidazole rings is 1. The van der Waals surface area contributed by atoms with E-state index in [0.29, 0.717) is 5.69 Å². The minimum atomic E-state index is 0. The molecule has 0 aliphatic rings. The largest absolute Gasteiger partial charge is 0 e. The summed E-state index contributed by atoms with van der Waals surface area (Å²) in [6.07, 6.45) is 1.52. The number of H-pyrrole nitrogens is 1. The fraction of sp³-hybridized carbons (Fsp3) is 0. The van der Waals surface area contributed by atoms with Crippen LogP contribution in [0.15, 0.2) is 6.20 Å². The quantitative estimate of drug-likeness (QED) is 0.463. The molecule has 6 heteroatoms. The van der Waals surface area contributed by atoms with E-state index in [1.807, 2.05) is 10.5 Å². The van der Waals surface area contributed by atoms with Crippen LogP contribution in [-0.4, -0.2) is 14.4 Å². The van der Waals surface area contributed by atoms with Gasteiger partial charge >= 0.3 is 62.8 Å².